The molecular formula is C23H19N3. The summed E-state index contributed by atoms with van der Waals surface area (Å²) < 4.78 is 0. The van der Waals surface area contributed by atoms with Gasteiger partial charge in [-0.05, 0) is 17.7 Å². The van der Waals surface area contributed by atoms with Gasteiger partial charge in [0.25, 0.3) is 0 Å². The number of benzene rings is 3. The van der Waals surface area contributed by atoms with Gasteiger partial charge in [0.15, 0.2) is 0 Å². The fourth-order valence-corrected chi connectivity index (χ4v) is 3.66. The number of fused-ring (bicyclic) bond motifs is 2. The lowest BCUT2D eigenvalue weighted by Crippen LogP contribution is -2.25. The van der Waals surface area contributed by atoms with Crippen molar-refractivity contribution in [2.45, 2.75) is 6.54 Å². The molecule has 0 fully saturated rings. The summed E-state index contributed by atoms with van der Waals surface area (Å²) >= 11 is 0. The van der Waals surface area contributed by atoms with Crippen LogP contribution in [0.15, 0.2) is 91.3 Å². The predicted octanol–water partition coefficient (Wildman–Crippen LogP) is 5.14. The highest BCUT2D eigenvalue weighted by atomic mass is 15.3. The Morgan fingerprint density at radius 3 is 2.00 bits per heavy atom. The Bertz CT molecular complexity index is 1050. The van der Waals surface area contributed by atoms with Crippen molar-refractivity contribution in [2.75, 3.05) is 11.6 Å². The Balaban J connectivity index is 1.55. The highest BCUT2D eigenvalue weighted by Crippen LogP contribution is 2.35. The van der Waals surface area contributed by atoms with E-state index in [1.165, 1.54) is 22.0 Å². The van der Waals surface area contributed by atoms with Crippen LogP contribution in [0.2, 0.25) is 0 Å². The van der Waals surface area contributed by atoms with E-state index in [-0.39, 0.29) is 0 Å². The van der Waals surface area contributed by atoms with Crippen LogP contribution in [0.5, 0.6) is 0 Å². The number of aromatic nitrogens is 1. The number of nitrogens with zero attached hydrogens (tertiary/aromatic N) is 3. The Morgan fingerprint density at radius 2 is 1.31 bits per heavy atom. The average molecular weight is 337 g/mol. The van der Waals surface area contributed by atoms with Crippen molar-refractivity contribution < 1.29 is 0 Å². The molecule has 3 nitrogen and oxygen atoms in total. The standard InChI is InChI=1S/C23H19N3/c1-2-8-18(9-3-1)16-25-14-15-26(17-25)23-19-10-4-6-12-21(19)24-22-13-7-5-11-20(22)23/h1-15H,16-17H2. The molecule has 1 aromatic heterocycles. The molecule has 4 aromatic rings. The number of hydrogen-bond acceptors (Lipinski definition) is 3. The van der Waals surface area contributed by atoms with Crippen LogP contribution in [0.25, 0.3) is 21.8 Å². The van der Waals surface area contributed by atoms with E-state index in [1.807, 2.05) is 0 Å². The molecule has 126 valence electrons. The molecule has 0 amide bonds. The molecule has 3 aromatic carbocycles. The molecule has 1 aliphatic rings. The van der Waals surface area contributed by atoms with E-state index in [0.717, 1.165) is 24.2 Å². The molecule has 0 unspecified atom stereocenters. The van der Waals surface area contributed by atoms with Gasteiger partial charge < -0.3 is 9.80 Å². The van der Waals surface area contributed by atoms with Crippen LogP contribution < -0.4 is 4.90 Å². The molecule has 1 aliphatic heterocycles. The van der Waals surface area contributed by atoms with E-state index < -0.39 is 0 Å². The lowest BCUT2D eigenvalue weighted by molar-refractivity contribution is 0.400. The third kappa shape index (κ3) is 2.58. The Hall–Kier alpha value is -3.33. The molecular weight excluding hydrogens is 318 g/mol. The summed E-state index contributed by atoms with van der Waals surface area (Å²) in [6.07, 6.45) is 4.36. The molecule has 0 bridgehead atoms. The van der Waals surface area contributed by atoms with Crippen molar-refractivity contribution in [3.63, 3.8) is 0 Å². The summed E-state index contributed by atoms with van der Waals surface area (Å²) in [6.45, 7) is 1.75. The fraction of sp³-hybridized carbons (Fsp3) is 0.0870. The summed E-state index contributed by atoms with van der Waals surface area (Å²) in [7, 11) is 0. The molecule has 0 saturated carbocycles. The molecule has 0 radical (unpaired) electrons. The van der Waals surface area contributed by atoms with Gasteiger partial charge in [0, 0.05) is 29.7 Å². The molecule has 0 atom stereocenters. The number of para-hydroxylation sites is 2. The quantitative estimate of drug-likeness (QED) is 0.483. The van der Waals surface area contributed by atoms with Crippen LogP contribution >= 0.6 is 0 Å². The second kappa shape index (κ2) is 6.19. The first-order valence-corrected chi connectivity index (χ1v) is 8.89. The first kappa shape index (κ1) is 15.0. The summed E-state index contributed by atoms with van der Waals surface area (Å²) in [5.41, 5.74) is 4.63. The summed E-state index contributed by atoms with van der Waals surface area (Å²) in [4.78, 5) is 9.49. The van der Waals surface area contributed by atoms with E-state index in [4.69, 9.17) is 4.98 Å². The van der Waals surface area contributed by atoms with Gasteiger partial charge in [0.05, 0.1) is 23.4 Å². The lowest BCUT2D eigenvalue weighted by atomic mass is 10.1. The zero-order chi connectivity index (χ0) is 17.3. The van der Waals surface area contributed by atoms with Gasteiger partial charge in [-0.3, -0.25) is 0 Å². The maximum atomic E-state index is 4.83. The van der Waals surface area contributed by atoms with Gasteiger partial charge >= 0.3 is 0 Å². The molecule has 2 heterocycles. The molecule has 5 rings (SSSR count). The number of rotatable bonds is 3. The van der Waals surface area contributed by atoms with Crippen LogP contribution in [0.1, 0.15) is 5.56 Å². The maximum absolute atomic E-state index is 4.83. The number of pyridine rings is 1. The Kier molecular flexibility index (Phi) is 3.56. The maximum Gasteiger partial charge on any atom is 0.0945 e. The highest BCUT2D eigenvalue weighted by molar-refractivity contribution is 6.08. The van der Waals surface area contributed by atoms with Crippen molar-refractivity contribution in [2.24, 2.45) is 0 Å². The van der Waals surface area contributed by atoms with E-state index in [9.17, 15) is 0 Å². The summed E-state index contributed by atoms with van der Waals surface area (Å²) in [5.74, 6) is 0. The van der Waals surface area contributed by atoms with Gasteiger partial charge in [0.2, 0.25) is 0 Å². The molecule has 0 aliphatic carbocycles. The molecule has 0 saturated heterocycles. The van der Waals surface area contributed by atoms with Crippen LogP contribution in [0.3, 0.4) is 0 Å². The largest absolute Gasteiger partial charge is 0.354 e. The van der Waals surface area contributed by atoms with Gasteiger partial charge in [-0.15, -0.1) is 0 Å². The van der Waals surface area contributed by atoms with Crippen molar-refractivity contribution in [1.29, 1.82) is 0 Å². The minimum atomic E-state index is 0.840. The SMILES string of the molecule is C1=CN(c2c3ccccc3nc3ccccc23)CN1Cc1ccccc1. The first-order chi connectivity index (χ1) is 12.9. The van der Waals surface area contributed by atoms with Crippen molar-refractivity contribution >= 4 is 27.5 Å². The van der Waals surface area contributed by atoms with Gasteiger partial charge in [-0.1, -0.05) is 66.7 Å². The average Bonchev–Trinajstić information content (AvgIpc) is 3.14. The smallest absolute Gasteiger partial charge is 0.0945 e. The Labute approximate surface area is 152 Å². The third-order valence-electron chi connectivity index (χ3n) is 4.87. The van der Waals surface area contributed by atoms with Crippen LogP contribution in [0.4, 0.5) is 5.69 Å². The number of anilines is 1. The zero-order valence-electron chi connectivity index (χ0n) is 14.4. The summed E-state index contributed by atoms with van der Waals surface area (Å²) in [6, 6.07) is 27.4. The van der Waals surface area contributed by atoms with Crippen molar-refractivity contribution in [3.8, 4) is 0 Å². The van der Waals surface area contributed by atoms with Crippen molar-refractivity contribution in [1.82, 2.24) is 9.88 Å². The minimum absolute atomic E-state index is 0.840. The monoisotopic (exact) mass is 337 g/mol. The van der Waals surface area contributed by atoms with Gasteiger partial charge in [-0.25, -0.2) is 4.98 Å². The van der Waals surface area contributed by atoms with E-state index in [1.54, 1.807) is 0 Å². The first-order valence-electron chi connectivity index (χ1n) is 8.89. The Morgan fingerprint density at radius 1 is 0.692 bits per heavy atom. The minimum Gasteiger partial charge on any atom is -0.354 e. The van der Waals surface area contributed by atoms with Gasteiger partial charge in [-0.2, -0.15) is 0 Å². The molecule has 3 heteroatoms. The molecule has 0 spiro atoms. The zero-order valence-corrected chi connectivity index (χ0v) is 14.4. The van der Waals surface area contributed by atoms with Crippen molar-refractivity contribution in [3.05, 3.63) is 96.8 Å². The topological polar surface area (TPSA) is 19.4 Å². The number of hydrogen-bond donors (Lipinski definition) is 0. The van der Waals surface area contributed by atoms with Crippen LogP contribution in [-0.2, 0) is 6.54 Å². The second-order valence-electron chi connectivity index (χ2n) is 6.64. The van der Waals surface area contributed by atoms with E-state index >= 15 is 0 Å². The van der Waals surface area contributed by atoms with Gasteiger partial charge in [0.1, 0.15) is 0 Å². The molecule has 0 N–H and O–H groups in total. The van der Waals surface area contributed by atoms with E-state index in [0.29, 0.717) is 0 Å². The second-order valence-corrected chi connectivity index (χ2v) is 6.64. The third-order valence-corrected chi connectivity index (χ3v) is 4.87. The lowest BCUT2D eigenvalue weighted by Gasteiger charge is -2.24. The summed E-state index contributed by atoms with van der Waals surface area (Å²) in [5, 5.41) is 2.38. The van der Waals surface area contributed by atoms with Crippen LogP contribution in [-0.4, -0.2) is 16.6 Å². The molecule has 26 heavy (non-hydrogen) atoms. The van der Waals surface area contributed by atoms with Crippen LogP contribution in [0, 0.1) is 0 Å². The predicted molar refractivity (Wildman–Crippen MR) is 108 cm³/mol. The highest BCUT2D eigenvalue weighted by Gasteiger charge is 2.19. The fourth-order valence-electron chi connectivity index (χ4n) is 3.66. The van der Waals surface area contributed by atoms with E-state index in [2.05, 4.69) is 101 Å². The normalized spacial score (nSPS) is 13.8.